The first-order valence-electron chi connectivity index (χ1n) is 11.9. The molecule has 1 aliphatic heterocycles. The summed E-state index contributed by atoms with van der Waals surface area (Å²) in [5, 5.41) is 3.60. The number of rotatable bonds is 1. The number of benzene rings is 3. The number of aromatic nitrogens is 2. The molecule has 2 N–H and O–H groups in total. The van der Waals surface area contributed by atoms with Crippen LogP contribution in [0.4, 0.5) is 5.95 Å². The zero-order valence-electron chi connectivity index (χ0n) is 20.0. The fourth-order valence-corrected chi connectivity index (χ4v) is 6.19. The molecule has 0 saturated heterocycles. The van der Waals surface area contributed by atoms with Crippen LogP contribution >= 0.6 is 0 Å². The minimum absolute atomic E-state index is 0.0187. The van der Waals surface area contributed by atoms with E-state index in [0.29, 0.717) is 18.1 Å². The molecule has 3 aromatic carbocycles. The van der Waals surface area contributed by atoms with Crippen molar-refractivity contribution in [2.75, 3.05) is 4.72 Å². The minimum Gasteiger partial charge on any atom is -0.472 e. The maximum Gasteiger partial charge on any atom is 0.264 e. The number of sulfonamides is 1. The van der Waals surface area contributed by atoms with E-state index < -0.39 is 10.0 Å². The highest BCUT2D eigenvalue weighted by molar-refractivity contribution is 7.92. The summed E-state index contributed by atoms with van der Waals surface area (Å²) in [6, 6.07) is 23.0. The third-order valence-corrected chi connectivity index (χ3v) is 8.18. The van der Waals surface area contributed by atoms with Gasteiger partial charge in [0.2, 0.25) is 11.8 Å². The van der Waals surface area contributed by atoms with E-state index in [0.717, 1.165) is 28.7 Å². The van der Waals surface area contributed by atoms with Gasteiger partial charge in [0, 0.05) is 24.6 Å². The number of fused-ring (bicyclic) bond motifs is 7. The van der Waals surface area contributed by atoms with Gasteiger partial charge >= 0.3 is 0 Å². The average molecular weight is 499 g/mol. The van der Waals surface area contributed by atoms with Crippen molar-refractivity contribution in [2.24, 2.45) is 0 Å². The molecule has 0 spiro atoms. The Morgan fingerprint density at radius 1 is 0.917 bits per heavy atom. The lowest BCUT2D eigenvalue weighted by Gasteiger charge is -2.23. The molecule has 0 amide bonds. The summed E-state index contributed by atoms with van der Waals surface area (Å²) < 4.78 is 35.6. The second kappa shape index (κ2) is 8.72. The van der Waals surface area contributed by atoms with Crippen molar-refractivity contribution in [3.05, 3.63) is 101 Å². The molecule has 2 heterocycles. The lowest BCUT2D eigenvalue weighted by atomic mass is 10.00. The Balaban J connectivity index is 1.52. The molecular weight excluding hydrogens is 472 g/mol. The molecule has 8 heteroatoms. The van der Waals surface area contributed by atoms with Crippen LogP contribution in [0, 0.1) is 13.8 Å². The molecule has 36 heavy (non-hydrogen) atoms. The second-order valence-electron chi connectivity index (χ2n) is 9.35. The highest BCUT2D eigenvalue weighted by atomic mass is 32.2. The Bertz CT molecular complexity index is 1570. The fourth-order valence-electron chi connectivity index (χ4n) is 5.17. The van der Waals surface area contributed by atoms with E-state index in [2.05, 4.69) is 32.1 Å². The monoisotopic (exact) mass is 498 g/mol. The standard InChI is InChI=1S/C28H26N4O3S/c1-17-7-5-8-18(2)26(17)23-15-25-31-28(30-23)32-36(33,34)21-11-6-9-19(13-21)16-29-27-22-12-4-3-10-20(22)14-24(27)35-25/h3-13,15,24,27,29H,14,16H2,1-2H3,(H,30,31,32). The smallest absolute Gasteiger partial charge is 0.264 e. The van der Waals surface area contributed by atoms with Gasteiger partial charge in [-0.1, -0.05) is 54.6 Å². The summed E-state index contributed by atoms with van der Waals surface area (Å²) in [5.41, 5.74) is 6.88. The van der Waals surface area contributed by atoms with E-state index in [-0.39, 0.29) is 23.0 Å². The zero-order chi connectivity index (χ0) is 24.9. The van der Waals surface area contributed by atoms with E-state index in [4.69, 9.17) is 4.74 Å². The highest BCUT2D eigenvalue weighted by Crippen LogP contribution is 2.36. The maximum atomic E-state index is 13.3. The quantitative estimate of drug-likeness (QED) is 0.395. The normalized spacial score (nSPS) is 19.9. The Kier molecular flexibility index (Phi) is 5.50. The van der Waals surface area contributed by atoms with Gasteiger partial charge in [0.1, 0.15) is 6.10 Å². The van der Waals surface area contributed by atoms with Crippen LogP contribution in [0.5, 0.6) is 5.88 Å². The van der Waals surface area contributed by atoms with Gasteiger partial charge < -0.3 is 10.1 Å². The van der Waals surface area contributed by atoms with Crippen molar-refractivity contribution < 1.29 is 13.2 Å². The van der Waals surface area contributed by atoms with Crippen molar-refractivity contribution in [2.45, 2.75) is 43.9 Å². The number of ether oxygens (including phenoxy) is 1. The van der Waals surface area contributed by atoms with Crippen molar-refractivity contribution >= 4 is 16.0 Å². The third kappa shape index (κ3) is 4.12. The van der Waals surface area contributed by atoms with Gasteiger partial charge in [-0.05, 0) is 53.8 Å². The van der Waals surface area contributed by atoms with Gasteiger partial charge in [0.05, 0.1) is 16.6 Å². The van der Waals surface area contributed by atoms with Crippen molar-refractivity contribution in [3.8, 4) is 17.1 Å². The Hall–Kier alpha value is -3.75. The van der Waals surface area contributed by atoms with Gasteiger partial charge in [0.25, 0.3) is 10.0 Å². The van der Waals surface area contributed by atoms with Crippen molar-refractivity contribution in [1.82, 2.24) is 15.3 Å². The molecule has 0 fully saturated rings. The van der Waals surface area contributed by atoms with Gasteiger partial charge in [-0.2, -0.15) is 4.98 Å². The Labute approximate surface area is 210 Å². The summed E-state index contributed by atoms with van der Waals surface area (Å²) in [5.74, 6) is 0.311. The van der Waals surface area contributed by atoms with Crippen LogP contribution < -0.4 is 14.8 Å². The summed E-state index contributed by atoms with van der Waals surface area (Å²) in [4.78, 5) is 9.26. The number of hydrogen-bond acceptors (Lipinski definition) is 6. The lowest BCUT2D eigenvalue weighted by molar-refractivity contribution is 0.159. The van der Waals surface area contributed by atoms with Crippen LogP contribution in [-0.2, 0) is 23.0 Å². The van der Waals surface area contributed by atoms with Crippen LogP contribution in [-0.4, -0.2) is 24.5 Å². The van der Waals surface area contributed by atoms with E-state index in [9.17, 15) is 8.42 Å². The molecule has 7 nitrogen and oxygen atoms in total. The van der Waals surface area contributed by atoms with Gasteiger partial charge in [-0.25, -0.2) is 18.1 Å². The van der Waals surface area contributed by atoms with Crippen molar-refractivity contribution in [3.63, 3.8) is 0 Å². The van der Waals surface area contributed by atoms with E-state index in [1.54, 1.807) is 24.3 Å². The van der Waals surface area contributed by atoms with Crippen LogP contribution in [0.15, 0.2) is 77.7 Å². The topological polar surface area (TPSA) is 93.2 Å². The lowest BCUT2D eigenvalue weighted by Crippen LogP contribution is -2.33. The van der Waals surface area contributed by atoms with Crippen LogP contribution in [0.3, 0.4) is 0 Å². The molecular formula is C28H26N4O3S. The molecule has 0 radical (unpaired) electrons. The summed E-state index contributed by atoms with van der Waals surface area (Å²) in [7, 11) is -3.90. The van der Waals surface area contributed by atoms with Gasteiger partial charge in [-0.15, -0.1) is 0 Å². The van der Waals surface area contributed by atoms with Crippen LogP contribution in [0.25, 0.3) is 11.3 Å². The fraction of sp³-hybridized carbons (Fsp3) is 0.214. The predicted octanol–water partition coefficient (Wildman–Crippen LogP) is 4.71. The summed E-state index contributed by atoms with van der Waals surface area (Å²) in [6.45, 7) is 4.52. The van der Waals surface area contributed by atoms with E-state index in [1.165, 1.54) is 11.1 Å². The maximum absolute atomic E-state index is 13.3. The predicted molar refractivity (Wildman–Crippen MR) is 138 cm³/mol. The highest BCUT2D eigenvalue weighted by Gasteiger charge is 2.34. The molecule has 2 atom stereocenters. The molecule has 2 aliphatic rings. The molecule has 6 rings (SSSR count). The average Bonchev–Trinajstić information content (AvgIpc) is 3.19. The SMILES string of the molecule is Cc1cccc(C)c1-c1cc2nc(n1)NS(=O)(=O)c1cccc(c1)CNC1c3ccccc3CC1O2. The molecule has 2 unspecified atom stereocenters. The first kappa shape index (κ1) is 22.7. The molecule has 1 aliphatic carbocycles. The zero-order valence-corrected chi connectivity index (χ0v) is 20.8. The van der Waals surface area contributed by atoms with Gasteiger partial charge in [-0.3, -0.25) is 0 Å². The van der Waals surface area contributed by atoms with Crippen LogP contribution in [0.1, 0.15) is 33.9 Å². The van der Waals surface area contributed by atoms with Gasteiger partial charge in [0.15, 0.2) is 0 Å². The second-order valence-corrected chi connectivity index (χ2v) is 11.0. The number of hydrogen-bond donors (Lipinski definition) is 2. The number of anilines is 1. The van der Waals surface area contributed by atoms with Crippen molar-refractivity contribution in [1.29, 1.82) is 0 Å². The number of aryl methyl sites for hydroxylation is 2. The number of nitrogens with one attached hydrogen (secondary N) is 2. The molecule has 4 aromatic rings. The van der Waals surface area contributed by atoms with E-state index in [1.807, 2.05) is 50.2 Å². The van der Waals surface area contributed by atoms with E-state index >= 15 is 0 Å². The third-order valence-electron chi connectivity index (χ3n) is 6.86. The summed E-state index contributed by atoms with van der Waals surface area (Å²) >= 11 is 0. The molecule has 0 saturated carbocycles. The first-order valence-corrected chi connectivity index (χ1v) is 13.4. The molecule has 4 bridgehead atoms. The largest absolute Gasteiger partial charge is 0.472 e. The Morgan fingerprint density at radius 3 is 2.53 bits per heavy atom. The van der Waals surface area contributed by atoms with Crippen LogP contribution in [0.2, 0.25) is 0 Å². The Morgan fingerprint density at radius 2 is 1.69 bits per heavy atom. The summed E-state index contributed by atoms with van der Waals surface area (Å²) in [6.07, 6.45) is 0.508. The molecule has 182 valence electrons. The minimum atomic E-state index is -3.90. The first-order chi connectivity index (χ1) is 17.4. The number of nitrogens with zero attached hydrogens (tertiary/aromatic N) is 2. The molecule has 1 aromatic heterocycles.